The molecule has 6 nitrogen and oxygen atoms in total. The molecule has 3 aromatic rings. The maximum atomic E-state index is 11.4. The molecule has 0 aliphatic rings. The molecule has 0 fully saturated rings. The van der Waals surface area contributed by atoms with E-state index in [1.807, 2.05) is 38.1 Å². The van der Waals surface area contributed by atoms with Crippen molar-refractivity contribution in [2.75, 3.05) is 7.11 Å². The van der Waals surface area contributed by atoms with Crippen molar-refractivity contribution in [3.8, 4) is 5.75 Å². The summed E-state index contributed by atoms with van der Waals surface area (Å²) < 4.78 is 5.32. The van der Waals surface area contributed by atoms with Crippen LogP contribution in [0.3, 0.4) is 0 Å². The Morgan fingerprint density at radius 1 is 1.33 bits per heavy atom. The zero-order chi connectivity index (χ0) is 17.3. The predicted molar refractivity (Wildman–Crippen MR) is 95.0 cm³/mol. The van der Waals surface area contributed by atoms with Gasteiger partial charge in [-0.15, -0.1) is 0 Å². The fourth-order valence-corrected chi connectivity index (χ4v) is 2.96. The van der Waals surface area contributed by atoms with E-state index >= 15 is 0 Å². The van der Waals surface area contributed by atoms with Gasteiger partial charge in [0.1, 0.15) is 5.75 Å². The molecular weight excluding hydrogens is 304 g/mol. The third kappa shape index (κ3) is 2.59. The van der Waals surface area contributed by atoms with Crippen molar-refractivity contribution < 1.29 is 9.53 Å². The van der Waals surface area contributed by atoms with Gasteiger partial charge in [-0.3, -0.25) is 4.79 Å². The predicted octanol–water partition coefficient (Wildman–Crippen LogP) is 4.80. The molecule has 2 aromatic carbocycles. The molecule has 6 heteroatoms. The van der Waals surface area contributed by atoms with E-state index in [0.29, 0.717) is 0 Å². The van der Waals surface area contributed by atoms with Crippen molar-refractivity contribution >= 4 is 33.8 Å². The number of azide groups is 1. The SMILES string of the molecule is COc1ccc2[nH]c3c(C)c(C=CC(=O)N=[N+]=[N-])cc(C)c3c2c1. The van der Waals surface area contributed by atoms with Gasteiger partial charge in [0.15, 0.2) is 0 Å². The Balaban J connectivity index is 2.22. The lowest BCUT2D eigenvalue weighted by atomic mass is 9.99. The molecule has 24 heavy (non-hydrogen) atoms. The molecule has 1 heterocycles. The average molecular weight is 320 g/mol. The van der Waals surface area contributed by atoms with Crippen LogP contribution >= 0.6 is 0 Å². The first-order chi connectivity index (χ1) is 11.5. The van der Waals surface area contributed by atoms with Gasteiger partial charge in [0.25, 0.3) is 0 Å². The topological polar surface area (TPSA) is 90.9 Å². The van der Waals surface area contributed by atoms with E-state index in [2.05, 4.69) is 15.0 Å². The molecule has 1 aromatic heterocycles. The second-order valence-corrected chi connectivity index (χ2v) is 5.56. The highest BCUT2D eigenvalue weighted by atomic mass is 16.5. The van der Waals surface area contributed by atoms with Crippen LogP contribution in [0.15, 0.2) is 35.5 Å². The van der Waals surface area contributed by atoms with Gasteiger partial charge in [-0.05, 0) is 65.5 Å². The largest absolute Gasteiger partial charge is 0.497 e. The Kier molecular flexibility index (Phi) is 3.98. The highest BCUT2D eigenvalue weighted by Gasteiger charge is 2.12. The molecule has 0 saturated carbocycles. The molecule has 0 aliphatic carbocycles. The molecule has 1 amide bonds. The van der Waals surface area contributed by atoms with Crippen LogP contribution in [-0.2, 0) is 4.79 Å². The Morgan fingerprint density at radius 2 is 2.12 bits per heavy atom. The van der Waals surface area contributed by atoms with Crippen molar-refractivity contribution in [1.82, 2.24) is 4.98 Å². The van der Waals surface area contributed by atoms with Crippen molar-refractivity contribution in [3.05, 3.63) is 57.5 Å². The summed E-state index contributed by atoms with van der Waals surface area (Å²) in [5, 5.41) is 5.28. The number of methoxy groups -OCH3 is 1. The molecule has 3 rings (SSSR count). The maximum absolute atomic E-state index is 11.4. The summed E-state index contributed by atoms with van der Waals surface area (Å²) in [6, 6.07) is 7.95. The quantitative estimate of drug-likeness (QED) is 0.325. The number of benzene rings is 2. The third-order valence-corrected chi connectivity index (χ3v) is 4.13. The van der Waals surface area contributed by atoms with E-state index in [1.54, 1.807) is 13.2 Å². The maximum Gasteiger partial charge on any atom is 0.242 e. The van der Waals surface area contributed by atoms with E-state index in [4.69, 9.17) is 10.3 Å². The van der Waals surface area contributed by atoms with Crippen molar-refractivity contribution in [1.29, 1.82) is 0 Å². The molecular formula is C18H16N4O2. The van der Waals surface area contributed by atoms with Gasteiger partial charge >= 0.3 is 0 Å². The lowest BCUT2D eigenvalue weighted by Crippen LogP contribution is -1.89. The second-order valence-electron chi connectivity index (χ2n) is 5.56. The summed E-state index contributed by atoms with van der Waals surface area (Å²) in [6.45, 7) is 4.02. The number of aromatic nitrogens is 1. The Bertz CT molecular complexity index is 1040. The fraction of sp³-hybridized carbons (Fsp3) is 0.167. The number of ether oxygens (including phenoxy) is 1. The number of nitrogens with zero attached hydrogens (tertiary/aromatic N) is 3. The number of hydrogen-bond donors (Lipinski definition) is 1. The van der Waals surface area contributed by atoms with E-state index in [1.165, 1.54) is 6.08 Å². The Morgan fingerprint density at radius 3 is 2.83 bits per heavy atom. The van der Waals surface area contributed by atoms with Crippen molar-refractivity contribution in [2.24, 2.45) is 5.11 Å². The monoisotopic (exact) mass is 320 g/mol. The molecule has 120 valence electrons. The van der Waals surface area contributed by atoms with E-state index in [9.17, 15) is 4.79 Å². The minimum atomic E-state index is -0.615. The molecule has 0 bridgehead atoms. The summed E-state index contributed by atoms with van der Waals surface area (Å²) in [5.74, 6) is 0.195. The van der Waals surface area contributed by atoms with Gasteiger partial charge < -0.3 is 9.72 Å². The standard InChI is InChI=1S/C18H16N4O2/c1-10-8-12(4-7-16(23)21-22-19)11(2)18-17(10)14-9-13(24-3)5-6-15(14)20-18/h4-9,20H,1-3H3. The van der Waals surface area contributed by atoms with Crippen LogP contribution in [0.1, 0.15) is 16.7 Å². The zero-order valence-electron chi connectivity index (χ0n) is 13.6. The third-order valence-electron chi connectivity index (χ3n) is 4.13. The molecule has 1 N–H and O–H groups in total. The van der Waals surface area contributed by atoms with Gasteiger partial charge in [0.2, 0.25) is 5.91 Å². The number of carbonyl (C=O) groups excluding carboxylic acids is 1. The van der Waals surface area contributed by atoms with Gasteiger partial charge in [0.05, 0.1) is 12.6 Å². The number of amides is 1. The fourth-order valence-electron chi connectivity index (χ4n) is 2.96. The normalized spacial score (nSPS) is 11.1. The minimum absolute atomic E-state index is 0.615. The molecule has 0 spiro atoms. The lowest BCUT2D eigenvalue weighted by Gasteiger charge is -2.06. The minimum Gasteiger partial charge on any atom is -0.497 e. The van der Waals surface area contributed by atoms with Crippen LogP contribution in [0.4, 0.5) is 0 Å². The summed E-state index contributed by atoms with van der Waals surface area (Å²) in [5.41, 5.74) is 13.4. The molecule has 0 radical (unpaired) electrons. The first kappa shape index (κ1) is 15.6. The number of fused-ring (bicyclic) bond motifs is 3. The van der Waals surface area contributed by atoms with Gasteiger partial charge in [0, 0.05) is 21.2 Å². The highest BCUT2D eigenvalue weighted by molar-refractivity contribution is 6.11. The number of aromatic amines is 1. The summed E-state index contributed by atoms with van der Waals surface area (Å²) in [7, 11) is 1.65. The van der Waals surface area contributed by atoms with Crippen LogP contribution in [0.5, 0.6) is 5.75 Å². The van der Waals surface area contributed by atoms with Gasteiger partial charge in [-0.25, -0.2) is 0 Å². The van der Waals surface area contributed by atoms with Gasteiger partial charge in [-0.1, -0.05) is 12.1 Å². The first-order valence-corrected chi connectivity index (χ1v) is 7.42. The smallest absolute Gasteiger partial charge is 0.242 e. The number of nitrogens with one attached hydrogen (secondary N) is 1. The molecule has 0 unspecified atom stereocenters. The van der Waals surface area contributed by atoms with Crippen LogP contribution in [0.25, 0.3) is 38.3 Å². The summed E-state index contributed by atoms with van der Waals surface area (Å²) in [6.07, 6.45) is 2.95. The van der Waals surface area contributed by atoms with E-state index in [0.717, 1.165) is 44.2 Å². The zero-order valence-corrected chi connectivity index (χ0v) is 13.6. The summed E-state index contributed by atoms with van der Waals surface area (Å²) in [4.78, 5) is 17.3. The van der Waals surface area contributed by atoms with E-state index < -0.39 is 5.91 Å². The van der Waals surface area contributed by atoms with E-state index in [-0.39, 0.29) is 0 Å². The van der Waals surface area contributed by atoms with Gasteiger partial charge in [-0.2, -0.15) is 0 Å². The first-order valence-electron chi connectivity index (χ1n) is 7.42. The highest BCUT2D eigenvalue weighted by Crippen LogP contribution is 2.34. The Labute approximate surface area is 138 Å². The molecule has 0 atom stereocenters. The van der Waals surface area contributed by atoms with Crippen LogP contribution in [0, 0.1) is 13.8 Å². The number of H-pyrrole nitrogens is 1. The Hall–Kier alpha value is -3.24. The number of carbonyl (C=O) groups is 1. The van der Waals surface area contributed by atoms with Crippen molar-refractivity contribution in [3.63, 3.8) is 0 Å². The second kappa shape index (κ2) is 6.10. The number of hydrogen-bond acceptors (Lipinski definition) is 2. The molecule has 0 saturated heterocycles. The number of aryl methyl sites for hydroxylation is 2. The summed E-state index contributed by atoms with van der Waals surface area (Å²) >= 11 is 0. The average Bonchev–Trinajstić information content (AvgIpc) is 2.96. The van der Waals surface area contributed by atoms with Crippen LogP contribution < -0.4 is 4.74 Å². The van der Waals surface area contributed by atoms with Crippen molar-refractivity contribution in [2.45, 2.75) is 13.8 Å². The van der Waals surface area contributed by atoms with Crippen LogP contribution in [-0.4, -0.2) is 18.0 Å². The van der Waals surface area contributed by atoms with Crippen LogP contribution in [0.2, 0.25) is 0 Å². The lowest BCUT2D eigenvalue weighted by molar-refractivity contribution is -0.113. The number of rotatable bonds is 3. The molecule has 0 aliphatic heterocycles.